The van der Waals surface area contributed by atoms with Crippen molar-refractivity contribution in [2.45, 2.75) is 0 Å². The molecule has 0 aliphatic carbocycles. The van der Waals surface area contributed by atoms with Crippen LogP contribution in [0.3, 0.4) is 0 Å². The maximum atomic E-state index is 12.5. The third kappa shape index (κ3) is 4.23. The fourth-order valence-electron chi connectivity index (χ4n) is 2.10. The lowest BCUT2D eigenvalue weighted by Crippen LogP contribution is -2.10. The Morgan fingerprint density at radius 1 is 1.04 bits per heavy atom. The zero-order valence-electron chi connectivity index (χ0n) is 13.3. The molecule has 6 heteroatoms. The van der Waals surface area contributed by atoms with Crippen LogP contribution in [0.15, 0.2) is 59.3 Å². The van der Waals surface area contributed by atoms with Gasteiger partial charge in [0.2, 0.25) is 0 Å². The summed E-state index contributed by atoms with van der Waals surface area (Å²) >= 11 is 2.82. The molecule has 0 radical (unpaired) electrons. The average molecular weight is 370 g/mol. The Balaban J connectivity index is 1.87. The topological polar surface area (TPSA) is 52.6 Å². The first-order valence-corrected chi connectivity index (χ1v) is 9.13. The molecule has 0 amide bonds. The van der Waals surface area contributed by atoms with Crippen LogP contribution in [0.25, 0.3) is 6.08 Å². The second-order valence-electron chi connectivity index (χ2n) is 4.94. The van der Waals surface area contributed by atoms with Gasteiger partial charge in [0.1, 0.15) is 16.4 Å². The molecule has 0 aliphatic heterocycles. The van der Waals surface area contributed by atoms with Crippen molar-refractivity contribution < 1.29 is 19.1 Å². The maximum absolute atomic E-state index is 12.5. The molecule has 0 N–H and O–H groups in total. The molecule has 0 fully saturated rings. The number of thiophene rings is 2. The Morgan fingerprint density at radius 3 is 2.52 bits per heavy atom. The van der Waals surface area contributed by atoms with Crippen molar-refractivity contribution in [1.29, 1.82) is 0 Å². The van der Waals surface area contributed by atoms with Crippen molar-refractivity contribution >= 4 is 40.5 Å². The van der Waals surface area contributed by atoms with E-state index in [1.54, 1.807) is 35.7 Å². The SMILES string of the molecule is COc1ccc(C(=O)/C=C/c2cccs2)c(OC(=O)c2cccs2)c1. The number of ether oxygens (including phenoxy) is 2. The number of carbonyl (C=O) groups excluding carboxylic acids is 2. The van der Waals surface area contributed by atoms with Gasteiger partial charge in [-0.1, -0.05) is 12.1 Å². The van der Waals surface area contributed by atoms with Crippen molar-refractivity contribution in [2.75, 3.05) is 7.11 Å². The van der Waals surface area contributed by atoms with Crippen LogP contribution in [-0.2, 0) is 0 Å². The summed E-state index contributed by atoms with van der Waals surface area (Å²) in [6.45, 7) is 0. The maximum Gasteiger partial charge on any atom is 0.353 e. The highest BCUT2D eigenvalue weighted by atomic mass is 32.1. The van der Waals surface area contributed by atoms with E-state index in [0.717, 1.165) is 4.88 Å². The first-order chi connectivity index (χ1) is 12.2. The van der Waals surface area contributed by atoms with Crippen molar-refractivity contribution in [3.8, 4) is 11.5 Å². The molecular weight excluding hydrogens is 356 g/mol. The summed E-state index contributed by atoms with van der Waals surface area (Å²) in [5, 5.41) is 3.73. The van der Waals surface area contributed by atoms with Crippen LogP contribution in [0.1, 0.15) is 24.9 Å². The first kappa shape index (κ1) is 17.1. The molecule has 3 aromatic rings. The molecule has 0 bridgehead atoms. The number of methoxy groups -OCH3 is 1. The van der Waals surface area contributed by atoms with E-state index in [1.165, 1.54) is 41.9 Å². The molecule has 0 atom stereocenters. The van der Waals surface area contributed by atoms with Crippen LogP contribution in [0.2, 0.25) is 0 Å². The highest BCUT2D eigenvalue weighted by molar-refractivity contribution is 7.12. The fraction of sp³-hybridized carbons (Fsp3) is 0.0526. The van der Waals surface area contributed by atoms with Gasteiger partial charge < -0.3 is 9.47 Å². The zero-order chi connectivity index (χ0) is 17.6. The standard InChI is InChI=1S/C19H14O4S2/c1-22-13-6-8-15(16(20)9-7-14-4-2-10-24-14)17(12-13)23-19(21)18-5-3-11-25-18/h2-12H,1H3/b9-7+. The molecule has 0 unspecified atom stereocenters. The first-order valence-electron chi connectivity index (χ1n) is 7.37. The van der Waals surface area contributed by atoms with Crippen LogP contribution < -0.4 is 9.47 Å². The Kier molecular flexibility index (Phi) is 5.42. The van der Waals surface area contributed by atoms with Crippen molar-refractivity contribution in [1.82, 2.24) is 0 Å². The van der Waals surface area contributed by atoms with Gasteiger partial charge in [-0.3, -0.25) is 4.79 Å². The number of ketones is 1. The zero-order valence-corrected chi connectivity index (χ0v) is 14.9. The molecule has 1 aromatic carbocycles. The molecule has 126 valence electrons. The van der Waals surface area contributed by atoms with E-state index in [2.05, 4.69) is 0 Å². The largest absolute Gasteiger partial charge is 0.497 e. The van der Waals surface area contributed by atoms with Gasteiger partial charge >= 0.3 is 5.97 Å². The van der Waals surface area contributed by atoms with Crippen molar-refractivity contribution in [2.24, 2.45) is 0 Å². The Labute approximate surface area is 153 Å². The van der Waals surface area contributed by atoms with Gasteiger partial charge in [-0.25, -0.2) is 4.79 Å². The lowest BCUT2D eigenvalue weighted by molar-refractivity contribution is 0.0738. The predicted octanol–water partition coefficient (Wildman–Crippen LogP) is 4.93. The van der Waals surface area contributed by atoms with E-state index in [4.69, 9.17) is 9.47 Å². The molecule has 0 aliphatic rings. The van der Waals surface area contributed by atoms with E-state index in [0.29, 0.717) is 16.2 Å². The number of esters is 1. The number of carbonyl (C=O) groups is 2. The second-order valence-corrected chi connectivity index (χ2v) is 6.87. The highest BCUT2D eigenvalue weighted by Gasteiger charge is 2.17. The van der Waals surface area contributed by atoms with Gasteiger partial charge in [0.15, 0.2) is 5.78 Å². The summed E-state index contributed by atoms with van der Waals surface area (Å²) in [7, 11) is 1.51. The Morgan fingerprint density at radius 2 is 1.84 bits per heavy atom. The molecular formula is C19H14O4S2. The van der Waals surface area contributed by atoms with Crippen LogP contribution in [0, 0.1) is 0 Å². The number of allylic oxidation sites excluding steroid dienone is 1. The molecule has 3 rings (SSSR count). The van der Waals surface area contributed by atoms with Crippen LogP contribution in [0.4, 0.5) is 0 Å². The number of rotatable bonds is 6. The van der Waals surface area contributed by atoms with E-state index >= 15 is 0 Å². The van der Waals surface area contributed by atoms with Crippen LogP contribution >= 0.6 is 22.7 Å². The number of benzene rings is 1. The Hall–Kier alpha value is -2.70. The minimum Gasteiger partial charge on any atom is -0.497 e. The minimum atomic E-state index is -0.500. The smallest absolute Gasteiger partial charge is 0.353 e. The highest BCUT2D eigenvalue weighted by Crippen LogP contribution is 2.27. The predicted molar refractivity (Wildman–Crippen MR) is 100.0 cm³/mol. The number of hydrogen-bond acceptors (Lipinski definition) is 6. The summed E-state index contributed by atoms with van der Waals surface area (Å²) in [5.41, 5.74) is 0.304. The molecule has 2 aromatic heterocycles. The Bertz CT molecular complexity index is 894. The summed E-state index contributed by atoms with van der Waals surface area (Å²) in [5.74, 6) is -0.0593. The van der Waals surface area contributed by atoms with E-state index < -0.39 is 5.97 Å². The normalized spacial score (nSPS) is 10.8. The monoisotopic (exact) mass is 370 g/mol. The van der Waals surface area contributed by atoms with Gasteiger partial charge in [-0.2, -0.15) is 0 Å². The van der Waals surface area contributed by atoms with E-state index in [1.807, 2.05) is 17.5 Å². The van der Waals surface area contributed by atoms with Gasteiger partial charge in [-0.15, -0.1) is 22.7 Å². The average Bonchev–Trinajstić information content (AvgIpc) is 3.33. The summed E-state index contributed by atoms with van der Waals surface area (Å²) in [6.07, 6.45) is 3.21. The fourth-order valence-corrected chi connectivity index (χ4v) is 3.31. The summed E-state index contributed by atoms with van der Waals surface area (Å²) in [4.78, 5) is 26.2. The molecule has 0 saturated carbocycles. The van der Waals surface area contributed by atoms with Gasteiger partial charge in [0.25, 0.3) is 0 Å². The van der Waals surface area contributed by atoms with E-state index in [9.17, 15) is 9.59 Å². The van der Waals surface area contributed by atoms with E-state index in [-0.39, 0.29) is 11.5 Å². The van der Waals surface area contributed by atoms with Crippen LogP contribution in [-0.4, -0.2) is 18.9 Å². The molecule has 25 heavy (non-hydrogen) atoms. The lowest BCUT2D eigenvalue weighted by atomic mass is 10.1. The van der Waals surface area contributed by atoms with Gasteiger partial charge in [-0.05, 0) is 47.2 Å². The third-order valence-electron chi connectivity index (χ3n) is 3.32. The molecule has 0 spiro atoms. The molecule has 2 heterocycles. The van der Waals surface area contributed by atoms with Gasteiger partial charge in [0.05, 0.1) is 12.7 Å². The molecule has 0 saturated heterocycles. The van der Waals surface area contributed by atoms with Crippen molar-refractivity contribution in [3.05, 3.63) is 74.6 Å². The van der Waals surface area contributed by atoms with Gasteiger partial charge in [0, 0.05) is 10.9 Å². The number of hydrogen-bond donors (Lipinski definition) is 0. The summed E-state index contributed by atoms with van der Waals surface area (Å²) < 4.78 is 10.6. The molecule has 4 nitrogen and oxygen atoms in total. The van der Waals surface area contributed by atoms with Crippen LogP contribution in [0.5, 0.6) is 11.5 Å². The second kappa shape index (κ2) is 7.92. The lowest BCUT2D eigenvalue weighted by Gasteiger charge is -2.09. The quantitative estimate of drug-likeness (QED) is 0.267. The summed E-state index contributed by atoms with van der Waals surface area (Å²) in [6, 6.07) is 12.1. The third-order valence-corrected chi connectivity index (χ3v) is 5.01. The minimum absolute atomic E-state index is 0.179. The van der Waals surface area contributed by atoms with Crippen molar-refractivity contribution in [3.63, 3.8) is 0 Å².